The third-order valence-electron chi connectivity index (χ3n) is 2.92. The van der Waals surface area contributed by atoms with Crippen LogP contribution >= 0.6 is 0 Å². The van der Waals surface area contributed by atoms with Crippen molar-refractivity contribution in [3.05, 3.63) is 59.7 Å². The first-order valence-electron chi connectivity index (χ1n) is 6.89. The summed E-state index contributed by atoms with van der Waals surface area (Å²) >= 11 is 0. The quantitative estimate of drug-likeness (QED) is 0.502. The van der Waals surface area contributed by atoms with Gasteiger partial charge in [-0.25, -0.2) is 4.79 Å². The highest BCUT2D eigenvalue weighted by molar-refractivity contribution is 5.89. The van der Waals surface area contributed by atoms with Gasteiger partial charge in [0.1, 0.15) is 5.75 Å². The first kappa shape index (κ1) is 15.6. The number of esters is 1. The van der Waals surface area contributed by atoms with Crippen LogP contribution in [-0.2, 0) is 4.74 Å². The molecule has 0 unspecified atom stereocenters. The SMILES string of the molecule is COC(=O)c1cccc(OCCCN=c2ccccn2O)c1. The number of rotatable bonds is 6. The number of pyridine rings is 1. The molecule has 0 spiro atoms. The minimum atomic E-state index is -0.392. The number of carbonyl (C=O) groups is 1. The van der Waals surface area contributed by atoms with Crippen LogP contribution in [0.4, 0.5) is 0 Å². The number of ether oxygens (including phenoxy) is 2. The second kappa shape index (κ2) is 7.87. The van der Waals surface area contributed by atoms with Crippen LogP contribution in [0.5, 0.6) is 5.75 Å². The minimum Gasteiger partial charge on any atom is -0.494 e. The number of aromatic nitrogens is 1. The summed E-state index contributed by atoms with van der Waals surface area (Å²) < 4.78 is 11.2. The van der Waals surface area contributed by atoms with Crippen molar-refractivity contribution in [3.63, 3.8) is 0 Å². The number of hydrogen-bond acceptors (Lipinski definition) is 5. The third-order valence-corrected chi connectivity index (χ3v) is 2.92. The maximum Gasteiger partial charge on any atom is 0.337 e. The zero-order valence-corrected chi connectivity index (χ0v) is 12.3. The Balaban J connectivity index is 1.83. The lowest BCUT2D eigenvalue weighted by Gasteiger charge is -2.06. The maximum atomic E-state index is 11.4. The number of benzene rings is 1. The van der Waals surface area contributed by atoms with Gasteiger partial charge >= 0.3 is 5.97 Å². The fourth-order valence-electron chi connectivity index (χ4n) is 1.83. The highest BCUT2D eigenvalue weighted by atomic mass is 16.5. The molecule has 1 heterocycles. The first-order valence-corrected chi connectivity index (χ1v) is 6.89. The molecule has 0 fully saturated rings. The molecule has 0 saturated heterocycles. The van der Waals surface area contributed by atoms with E-state index in [1.54, 1.807) is 42.5 Å². The van der Waals surface area contributed by atoms with Gasteiger partial charge in [-0.15, -0.1) is 0 Å². The Hall–Kier alpha value is -2.76. The van der Waals surface area contributed by atoms with Crippen molar-refractivity contribution in [2.75, 3.05) is 20.3 Å². The van der Waals surface area contributed by atoms with Crippen LogP contribution in [0.3, 0.4) is 0 Å². The van der Waals surface area contributed by atoms with Gasteiger partial charge in [-0.05, 0) is 30.3 Å². The van der Waals surface area contributed by atoms with E-state index in [0.717, 1.165) is 4.73 Å². The van der Waals surface area contributed by atoms with E-state index in [9.17, 15) is 10.0 Å². The molecule has 1 aromatic heterocycles. The highest BCUT2D eigenvalue weighted by Crippen LogP contribution is 2.14. The summed E-state index contributed by atoms with van der Waals surface area (Å²) in [5.74, 6) is 0.219. The Bertz CT molecular complexity index is 694. The number of nitrogens with zero attached hydrogens (tertiary/aromatic N) is 2. The van der Waals surface area contributed by atoms with Gasteiger partial charge in [0.25, 0.3) is 0 Å². The average Bonchev–Trinajstić information content (AvgIpc) is 2.55. The molecule has 0 amide bonds. The van der Waals surface area contributed by atoms with Crippen molar-refractivity contribution >= 4 is 5.97 Å². The molecule has 0 bridgehead atoms. The molecule has 0 saturated carbocycles. The van der Waals surface area contributed by atoms with E-state index in [2.05, 4.69) is 9.73 Å². The van der Waals surface area contributed by atoms with Crippen molar-refractivity contribution in [1.29, 1.82) is 0 Å². The summed E-state index contributed by atoms with van der Waals surface area (Å²) in [5.41, 5.74) is 0.950. The summed E-state index contributed by atoms with van der Waals surface area (Å²) in [5, 5.41) is 9.50. The van der Waals surface area contributed by atoms with Gasteiger partial charge in [-0.1, -0.05) is 12.1 Å². The van der Waals surface area contributed by atoms with E-state index in [4.69, 9.17) is 4.74 Å². The molecule has 1 aromatic carbocycles. The first-order chi connectivity index (χ1) is 10.7. The molecule has 1 N–H and O–H groups in total. The van der Waals surface area contributed by atoms with Gasteiger partial charge in [-0.2, -0.15) is 4.73 Å². The predicted octanol–water partition coefficient (Wildman–Crippen LogP) is 1.88. The zero-order chi connectivity index (χ0) is 15.8. The van der Waals surface area contributed by atoms with Crippen molar-refractivity contribution in [1.82, 2.24) is 4.73 Å². The minimum absolute atomic E-state index is 0.392. The molecular formula is C16H18N2O4. The van der Waals surface area contributed by atoms with Crippen LogP contribution < -0.4 is 10.2 Å². The van der Waals surface area contributed by atoms with Crippen LogP contribution in [0.25, 0.3) is 0 Å². The van der Waals surface area contributed by atoms with E-state index in [0.29, 0.717) is 36.4 Å². The Morgan fingerprint density at radius 1 is 1.27 bits per heavy atom. The average molecular weight is 302 g/mol. The number of carbonyl (C=O) groups excluding carboxylic acids is 1. The van der Waals surface area contributed by atoms with E-state index in [-0.39, 0.29) is 0 Å². The summed E-state index contributed by atoms with van der Waals surface area (Å²) in [6.45, 7) is 0.994. The third kappa shape index (κ3) is 4.37. The Morgan fingerprint density at radius 2 is 2.14 bits per heavy atom. The molecule has 0 radical (unpaired) electrons. The Morgan fingerprint density at radius 3 is 2.91 bits per heavy atom. The van der Waals surface area contributed by atoms with E-state index in [1.165, 1.54) is 13.3 Å². The maximum absolute atomic E-state index is 11.4. The topological polar surface area (TPSA) is 73.0 Å². The Kier molecular flexibility index (Phi) is 5.59. The number of methoxy groups -OCH3 is 1. The van der Waals surface area contributed by atoms with Crippen LogP contribution in [0.2, 0.25) is 0 Å². The summed E-state index contributed by atoms with van der Waals surface area (Å²) in [6, 6.07) is 12.1. The fraction of sp³-hybridized carbons (Fsp3) is 0.250. The van der Waals surface area contributed by atoms with Crippen LogP contribution in [0.1, 0.15) is 16.8 Å². The van der Waals surface area contributed by atoms with Gasteiger partial charge in [0, 0.05) is 19.2 Å². The zero-order valence-electron chi connectivity index (χ0n) is 12.3. The fourth-order valence-corrected chi connectivity index (χ4v) is 1.83. The molecule has 0 aliphatic rings. The van der Waals surface area contributed by atoms with Crippen molar-refractivity contribution in [3.8, 4) is 5.75 Å². The van der Waals surface area contributed by atoms with Gasteiger partial charge in [0.15, 0.2) is 5.49 Å². The largest absolute Gasteiger partial charge is 0.494 e. The smallest absolute Gasteiger partial charge is 0.337 e. The van der Waals surface area contributed by atoms with Crippen molar-refractivity contribution in [2.24, 2.45) is 4.99 Å². The molecule has 116 valence electrons. The van der Waals surface area contributed by atoms with Gasteiger partial charge in [0.2, 0.25) is 0 Å². The lowest BCUT2D eigenvalue weighted by Crippen LogP contribution is -2.17. The van der Waals surface area contributed by atoms with Crippen LogP contribution in [0.15, 0.2) is 53.7 Å². The molecule has 6 heteroatoms. The monoisotopic (exact) mass is 302 g/mol. The standard InChI is InChI=1S/C16H18N2O4/c1-21-16(19)13-6-4-7-14(12-13)22-11-5-9-17-15-8-2-3-10-18(15)20/h2-4,6-8,10,12,20H,5,9,11H2,1H3. The second-order valence-electron chi connectivity index (χ2n) is 4.51. The molecule has 0 atom stereocenters. The highest BCUT2D eigenvalue weighted by Gasteiger charge is 2.05. The van der Waals surface area contributed by atoms with Crippen LogP contribution in [0, 0.1) is 0 Å². The molecule has 0 aliphatic heterocycles. The summed E-state index contributed by atoms with van der Waals surface area (Å²) in [4.78, 5) is 15.7. The molecule has 22 heavy (non-hydrogen) atoms. The van der Waals surface area contributed by atoms with E-state index >= 15 is 0 Å². The van der Waals surface area contributed by atoms with Gasteiger partial charge in [0.05, 0.1) is 19.3 Å². The molecular weight excluding hydrogens is 284 g/mol. The lowest BCUT2D eigenvalue weighted by molar-refractivity contribution is 0.0600. The van der Waals surface area contributed by atoms with Crippen molar-refractivity contribution in [2.45, 2.75) is 6.42 Å². The van der Waals surface area contributed by atoms with Gasteiger partial charge < -0.3 is 14.7 Å². The van der Waals surface area contributed by atoms with E-state index in [1.807, 2.05) is 0 Å². The summed E-state index contributed by atoms with van der Waals surface area (Å²) in [6.07, 6.45) is 2.21. The number of hydrogen-bond donors (Lipinski definition) is 1. The molecule has 2 aromatic rings. The molecule has 0 aliphatic carbocycles. The molecule has 2 rings (SSSR count). The Labute approximate surface area is 128 Å². The van der Waals surface area contributed by atoms with Crippen LogP contribution in [-0.4, -0.2) is 36.2 Å². The lowest BCUT2D eigenvalue weighted by atomic mass is 10.2. The predicted molar refractivity (Wildman–Crippen MR) is 79.9 cm³/mol. The van der Waals surface area contributed by atoms with Crippen molar-refractivity contribution < 1.29 is 19.5 Å². The second-order valence-corrected chi connectivity index (χ2v) is 4.51. The summed E-state index contributed by atoms with van der Waals surface area (Å²) in [7, 11) is 1.34. The van der Waals surface area contributed by atoms with Gasteiger partial charge in [-0.3, -0.25) is 4.99 Å². The van der Waals surface area contributed by atoms with E-state index < -0.39 is 5.97 Å². The normalized spacial score (nSPS) is 11.2. The molecule has 6 nitrogen and oxygen atoms in total.